The number of carbonyl (C=O) groups is 1. The molecule has 2 rings (SSSR count). The van der Waals surface area contributed by atoms with Crippen molar-refractivity contribution in [1.82, 2.24) is 0 Å². The number of halogens is 2. The highest BCUT2D eigenvalue weighted by Gasteiger charge is 2.12. The Balaban J connectivity index is 2.13. The van der Waals surface area contributed by atoms with Gasteiger partial charge in [-0.2, -0.15) is 0 Å². The highest BCUT2D eigenvalue weighted by molar-refractivity contribution is 14.1. The zero-order chi connectivity index (χ0) is 17.0. The van der Waals surface area contributed by atoms with Gasteiger partial charge in [-0.15, -0.1) is 0 Å². The molecule has 0 fully saturated rings. The van der Waals surface area contributed by atoms with Gasteiger partial charge < -0.3 is 10.2 Å². The Bertz CT molecular complexity index is 686. The van der Waals surface area contributed by atoms with E-state index in [4.69, 9.17) is 0 Å². The number of rotatable bonds is 5. The molecule has 0 unspecified atom stereocenters. The molecule has 0 aliphatic carbocycles. The highest BCUT2D eigenvalue weighted by Crippen LogP contribution is 2.21. The average Bonchev–Trinajstić information content (AvgIpc) is 2.49. The molecule has 2 aromatic carbocycles. The lowest BCUT2D eigenvalue weighted by Crippen LogP contribution is -2.30. The van der Waals surface area contributed by atoms with Gasteiger partial charge in [-0.3, -0.25) is 4.79 Å². The van der Waals surface area contributed by atoms with Crippen molar-refractivity contribution in [3.63, 3.8) is 0 Å². The molecule has 5 heteroatoms. The minimum Gasteiger partial charge on any atom is -0.369 e. The third-order valence-corrected chi connectivity index (χ3v) is 4.49. The number of hydrogen-bond donors (Lipinski definition) is 1. The first kappa shape index (κ1) is 17.7. The molecule has 0 atom stereocenters. The summed E-state index contributed by atoms with van der Waals surface area (Å²) in [5.74, 6) is -0.581. The SMILES string of the molecule is CCN(c1ccc(NC(=O)c2ccc(F)cc2I)cc1)C(C)C. The van der Waals surface area contributed by atoms with Gasteiger partial charge in [-0.25, -0.2) is 4.39 Å². The maximum atomic E-state index is 13.1. The van der Waals surface area contributed by atoms with Crippen molar-refractivity contribution >= 4 is 39.9 Å². The third-order valence-electron chi connectivity index (χ3n) is 3.60. The van der Waals surface area contributed by atoms with Crippen LogP contribution in [0.1, 0.15) is 31.1 Å². The molecular weight excluding hydrogens is 406 g/mol. The van der Waals surface area contributed by atoms with Crippen molar-refractivity contribution in [1.29, 1.82) is 0 Å². The molecular formula is C18H20FIN2O. The van der Waals surface area contributed by atoms with E-state index in [2.05, 4.69) is 31.0 Å². The minimum absolute atomic E-state index is 0.238. The molecule has 0 radical (unpaired) electrons. The summed E-state index contributed by atoms with van der Waals surface area (Å²) in [7, 11) is 0. The molecule has 1 amide bonds. The van der Waals surface area contributed by atoms with E-state index in [1.165, 1.54) is 18.2 Å². The smallest absolute Gasteiger partial charge is 0.256 e. The second-order valence-corrected chi connectivity index (χ2v) is 6.67. The quantitative estimate of drug-likeness (QED) is 0.689. The van der Waals surface area contributed by atoms with E-state index in [0.717, 1.165) is 17.9 Å². The summed E-state index contributed by atoms with van der Waals surface area (Å²) in [5.41, 5.74) is 2.31. The van der Waals surface area contributed by atoms with E-state index >= 15 is 0 Å². The number of nitrogens with zero attached hydrogens (tertiary/aromatic N) is 1. The molecule has 0 saturated heterocycles. The summed E-state index contributed by atoms with van der Waals surface area (Å²) >= 11 is 1.96. The molecule has 122 valence electrons. The fourth-order valence-electron chi connectivity index (χ4n) is 2.45. The number of amides is 1. The lowest BCUT2D eigenvalue weighted by atomic mass is 10.2. The van der Waals surface area contributed by atoms with Crippen LogP contribution in [0.4, 0.5) is 15.8 Å². The van der Waals surface area contributed by atoms with Crippen molar-refractivity contribution in [2.45, 2.75) is 26.8 Å². The number of hydrogen-bond acceptors (Lipinski definition) is 2. The maximum Gasteiger partial charge on any atom is 0.256 e. The Labute approximate surface area is 150 Å². The van der Waals surface area contributed by atoms with Crippen molar-refractivity contribution in [3.8, 4) is 0 Å². The highest BCUT2D eigenvalue weighted by atomic mass is 127. The largest absolute Gasteiger partial charge is 0.369 e. The van der Waals surface area contributed by atoms with Crippen LogP contribution in [0, 0.1) is 9.39 Å². The maximum absolute atomic E-state index is 13.1. The molecule has 3 nitrogen and oxygen atoms in total. The summed E-state index contributed by atoms with van der Waals surface area (Å²) in [6.07, 6.45) is 0. The van der Waals surface area contributed by atoms with Gasteiger partial charge in [0, 0.05) is 27.5 Å². The monoisotopic (exact) mass is 426 g/mol. The van der Waals surface area contributed by atoms with Gasteiger partial charge in [0.05, 0.1) is 5.56 Å². The van der Waals surface area contributed by atoms with Gasteiger partial charge >= 0.3 is 0 Å². The standard InChI is InChI=1S/C18H20FIN2O/c1-4-22(12(2)3)15-8-6-14(7-9-15)21-18(23)16-10-5-13(19)11-17(16)20/h5-12H,4H2,1-3H3,(H,21,23). The van der Waals surface area contributed by atoms with Crippen LogP contribution in [-0.4, -0.2) is 18.5 Å². The third kappa shape index (κ3) is 4.43. The molecule has 0 bridgehead atoms. The Hall–Kier alpha value is -1.63. The Morgan fingerprint density at radius 1 is 1.22 bits per heavy atom. The van der Waals surface area contributed by atoms with Crippen molar-refractivity contribution in [3.05, 3.63) is 57.4 Å². The zero-order valence-corrected chi connectivity index (χ0v) is 15.6. The molecule has 0 heterocycles. The fourth-order valence-corrected chi connectivity index (χ4v) is 3.18. The summed E-state index contributed by atoms with van der Waals surface area (Å²) in [6, 6.07) is 12.3. The summed E-state index contributed by atoms with van der Waals surface area (Å²) < 4.78 is 13.7. The number of nitrogens with one attached hydrogen (secondary N) is 1. The van der Waals surface area contributed by atoms with Gasteiger partial charge in [-0.1, -0.05) is 0 Å². The fraction of sp³-hybridized carbons (Fsp3) is 0.278. The van der Waals surface area contributed by atoms with Crippen LogP contribution in [0.25, 0.3) is 0 Å². The second kappa shape index (κ2) is 7.77. The zero-order valence-electron chi connectivity index (χ0n) is 13.4. The second-order valence-electron chi connectivity index (χ2n) is 5.50. The van der Waals surface area contributed by atoms with E-state index in [1.807, 2.05) is 46.9 Å². The molecule has 1 N–H and O–H groups in total. The lowest BCUT2D eigenvalue weighted by molar-refractivity contribution is 0.102. The van der Waals surface area contributed by atoms with Crippen molar-refractivity contribution in [2.24, 2.45) is 0 Å². The van der Waals surface area contributed by atoms with Crippen LogP contribution in [0.5, 0.6) is 0 Å². The predicted molar refractivity (Wildman–Crippen MR) is 102 cm³/mol. The first-order chi connectivity index (χ1) is 10.9. The van der Waals surface area contributed by atoms with Crippen LogP contribution in [0.2, 0.25) is 0 Å². The van der Waals surface area contributed by atoms with E-state index in [-0.39, 0.29) is 11.7 Å². The first-order valence-corrected chi connectivity index (χ1v) is 8.63. The van der Waals surface area contributed by atoms with E-state index < -0.39 is 0 Å². The first-order valence-electron chi connectivity index (χ1n) is 7.55. The minimum atomic E-state index is -0.344. The van der Waals surface area contributed by atoms with Crippen LogP contribution in [0.15, 0.2) is 42.5 Å². The van der Waals surface area contributed by atoms with Crippen LogP contribution < -0.4 is 10.2 Å². The molecule has 0 spiro atoms. The van der Waals surface area contributed by atoms with E-state index in [0.29, 0.717) is 15.2 Å². The summed E-state index contributed by atoms with van der Waals surface area (Å²) in [5, 5.41) is 2.85. The van der Waals surface area contributed by atoms with Gasteiger partial charge in [0.2, 0.25) is 0 Å². The Morgan fingerprint density at radius 3 is 2.39 bits per heavy atom. The van der Waals surface area contributed by atoms with E-state index in [1.54, 1.807) is 0 Å². The molecule has 2 aromatic rings. The summed E-state index contributed by atoms with van der Waals surface area (Å²) in [6.45, 7) is 7.34. The van der Waals surface area contributed by atoms with Crippen molar-refractivity contribution < 1.29 is 9.18 Å². The average molecular weight is 426 g/mol. The van der Waals surface area contributed by atoms with Crippen molar-refractivity contribution in [2.75, 3.05) is 16.8 Å². The lowest BCUT2D eigenvalue weighted by Gasteiger charge is -2.27. The van der Waals surface area contributed by atoms with Gasteiger partial charge in [0.15, 0.2) is 0 Å². The van der Waals surface area contributed by atoms with Crippen LogP contribution in [0.3, 0.4) is 0 Å². The molecule has 0 saturated carbocycles. The molecule has 0 aliphatic rings. The Kier molecular flexibility index (Phi) is 5.98. The summed E-state index contributed by atoms with van der Waals surface area (Å²) in [4.78, 5) is 14.6. The molecule has 0 aromatic heterocycles. The normalized spacial score (nSPS) is 10.7. The topological polar surface area (TPSA) is 32.3 Å². The number of benzene rings is 2. The van der Waals surface area contributed by atoms with Crippen LogP contribution >= 0.6 is 22.6 Å². The predicted octanol–water partition coefficient (Wildman–Crippen LogP) is 4.92. The number of carbonyl (C=O) groups excluding carboxylic acids is 1. The van der Waals surface area contributed by atoms with Gasteiger partial charge in [0.1, 0.15) is 5.82 Å². The van der Waals surface area contributed by atoms with Gasteiger partial charge in [-0.05, 0) is 85.8 Å². The number of anilines is 2. The Morgan fingerprint density at radius 2 is 1.87 bits per heavy atom. The van der Waals surface area contributed by atoms with Gasteiger partial charge in [0.25, 0.3) is 5.91 Å². The van der Waals surface area contributed by atoms with E-state index in [9.17, 15) is 9.18 Å². The molecule has 23 heavy (non-hydrogen) atoms. The van der Waals surface area contributed by atoms with Crippen LogP contribution in [-0.2, 0) is 0 Å². The molecule has 0 aliphatic heterocycles.